The van der Waals surface area contributed by atoms with Crippen LogP contribution in [-0.4, -0.2) is 71.7 Å². The summed E-state index contributed by atoms with van der Waals surface area (Å²) >= 11 is 0. The number of fused-ring (bicyclic) bond motifs is 1. The summed E-state index contributed by atoms with van der Waals surface area (Å²) in [6, 6.07) is 13.4. The molecule has 0 spiro atoms. The molecular weight excluding hydrogens is 458 g/mol. The number of piperazine rings is 1. The minimum absolute atomic E-state index is 0.00182. The molecule has 2 aliphatic heterocycles. The highest BCUT2D eigenvalue weighted by molar-refractivity contribution is 7.89. The van der Waals surface area contributed by atoms with Crippen LogP contribution in [0.2, 0.25) is 0 Å². The van der Waals surface area contributed by atoms with Crippen LogP contribution in [0, 0.1) is 0 Å². The number of hydrogen-bond acceptors (Lipinski definition) is 5. The Hall–Kier alpha value is -3.44. The Morgan fingerprint density at radius 1 is 0.941 bits per heavy atom. The van der Waals surface area contributed by atoms with Gasteiger partial charge in [0.2, 0.25) is 15.9 Å². The minimum Gasteiger partial charge on any atom is -0.354 e. The van der Waals surface area contributed by atoms with Gasteiger partial charge in [-0.1, -0.05) is 12.1 Å². The van der Waals surface area contributed by atoms with Gasteiger partial charge in [0, 0.05) is 37.8 Å². The van der Waals surface area contributed by atoms with Crippen molar-refractivity contribution in [3.63, 3.8) is 0 Å². The van der Waals surface area contributed by atoms with Crippen molar-refractivity contribution in [1.29, 1.82) is 0 Å². The molecule has 2 fully saturated rings. The largest absolute Gasteiger partial charge is 0.354 e. The van der Waals surface area contributed by atoms with Gasteiger partial charge in [-0.25, -0.2) is 13.2 Å². The lowest BCUT2D eigenvalue weighted by Crippen LogP contribution is -2.49. The van der Waals surface area contributed by atoms with Crippen molar-refractivity contribution in [3.8, 4) is 0 Å². The Labute approximate surface area is 196 Å². The van der Waals surface area contributed by atoms with Crippen LogP contribution in [-0.2, 0) is 14.8 Å². The summed E-state index contributed by atoms with van der Waals surface area (Å²) in [5.41, 5.74) is 1.92. The van der Waals surface area contributed by atoms with E-state index in [0.29, 0.717) is 31.5 Å². The van der Waals surface area contributed by atoms with E-state index in [4.69, 9.17) is 0 Å². The van der Waals surface area contributed by atoms with Crippen molar-refractivity contribution in [2.24, 2.45) is 0 Å². The fourth-order valence-corrected chi connectivity index (χ4v) is 6.08. The Balaban J connectivity index is 1.26. The van der Waals surface area contributed by atoms with Gasteiger partial charge in [-0.05, 0) is 49.2 Å². The summed E-state index contributed by atoms with van der Waals surface area (Å²) in [4.78, 5) is 41.7. The van der Waals surface area contributed by atoms with Crippen LogP contribution < -0.4 is 11.0 Å². The molecule has 2 amide bonds. The number of sulfonamides is 1. The lowest BCUT2D eigenvalue weighted by molar-refractivity contribution is -0.122. The van der Waals surface area contributed by atoms with Gasteiger partial charge in [-0.3, -0.25) is 14.2 Å². The van der Waals surface area contributed by atoms with E-state index in [1.165, 1.54) is 24.3 Å². The highest BCUT2D eigenvalue weighted by Crippen LogP contribution is 2.26. The number of para-hydroxylation sites is 2. The fourth-order valence-electron chi connectivity index (χ4n) is 4.69. The maximum absolute atomic E-state index is 13.0. The second-order valence-corrected chi connectivity index (χ2v) is 10.5. The number of aromatic nitrogens is 2. The molecule has 3 aromatic rings. The smallest absolute Gasteiger partial charge is 0.326 e. The van der Waals surface area contributed by atoms with Gasteiger partial charge in [0.05, 0.1) is 22.5 Å². The first-order valence-electron chi connectivity index (χ1n) is 11.2. The summed E-state index contributed by atoms with van der Waals surface area (Å²) in [7, 11) is -3.80. The molecule has 2 N–H and O–H groups in total. The molecular formula is C23H25N5O5S. The average Bonchev–Trinajstić information content (AvgIpc) is 3.19. The quantitative estimate of drug-likeness (QED) is 0.571. The number of carbonyl (C=O) groups is 2. The Morgan fingerprint density at radius 3 is 2.35 bits per heavy atom. The summed E-state index contributed by atoms with van der Waals surface area (Å²) in [6.45, 7) is 1.27. The fraction of sp³-hybridized carbons (Fsp3) is 0.348. The van der Waals surface area contributed by atoms with E-state index in [2.05, 4.69) is 10.3 Å². The number of H-pyrrole nitrogens is 1. The van der Waals surface area contributed by atoms with Gasteiger partial charge in [0.15, 0.2) is 0 Å². The van der Waals surface area contributed by atoms with E-state index in [0.717, 1.165) is 15.3 Å². The first-order valence-corrected chi connectivity index (χ1v) is 12.6. The van der Waals surface area contributed by atoms with Crippen LogP contribution in [0.5, 0.6) is 0 Å². The molecule has 0 unspecified atom stereocenters. The molecule has 3 heterocycles. The number of nitrogens with zero attached hydrogens (tertiary/aromatic N) is 3. The third kappa shape index (κ3) is 4.01. The van der Waals surface area contributed by atoms with Gasteiger partial charge in [0.25, 0.3) is 5.91 Å². The maximum Gasteiger partial charge on any atom is 0.326 e. The SMILES string of the molecule is O=C1CN(S(=O)(=O)c2ccc(C(=O)N3CCC(n4c(=O)[nH]c5ccccc54)CC3)cc2)CCN1. The van der Waals surface area contributed by atoms with Crippen LogP contribution in [0.4, 0.5) is 0 Å². The van der Waals surface area contributed by atoms with Crippen molar-refractivity contribution >= 4 is 32.9 Å². The highest BCUT2D eigenvalue weighted by atomic mass is 32.2. The van der Waals surface area contributed by atoms with Crippen LogP contribution in [0.1, 0.15) is 29.2 Å². The zero-order valence-corrected chi connectivity index (χ0v) is 19.3. The second-order valence-electron chi connectivity index (χ2n) is 8.55. The molecule has 0 radical (unpaired) electrons. The van der Waals surface area contributed by atoms with Gasteiger partial charge in [-0.2, -0.15) is 4.31 Å². The van der Waals surface area contributed by atoms with Crippen molar-refractivity contribution in [2.75, 3.05) is 32.7 Å². The topological polar surface area (TPSA) is 125 Å². The number of rotatable bonds is 4. The van der Waals surface area contributed by atoms with E-state index in [1.54, 1.807) is 9.47 Å². The van der Waals surface area contributed by atoms with E-state index in [9.17, 15) is 22.8 Å². The predicted octanol–water partition coefficient (Wildman–Crippen LogP) is 0.927. The molecule has 2 aliphatic rings. The number of aromatic amines is 1. The molecule has 0 saturated carbocycles. The third-order valence-electron chi connectivity index (χ3n) is 6.48. The van der Waals surface area contributed by atoms with Crippen molar-refractivity contribution < 1.29 is 18.0 Å². The average molecular weight is 484 g/mol. The summed E-state index contributed by atoms with van der Waals surface area (Å²) in [5.74, 6) is -0.508. The molecule has 5 rings (SSSR count). The van der Waals surface area contributed by atoms with E-state index < -0.39 is 10.0 Å². The van der Waals surface area contributed by atoms with E-state index in [1.807, 2.05) is 24.3 Å². The summed E-state index contributed by atoms with van der Waals surface area (Å²) in [5, 5.41) is 2.60. The van der Waals surface area contributed by atoms with Crippen LogP contribution in [0.3, 0.4) is 0 Å². The zero-order valence-electron chi connectivity index (χ0n) is 18.4. The molecule has 34 heavy (non-hydrogen) atoms. The normalized spacial score (nSPS) is 18.2. The van der Waals surface area contributed by atoms with Gasteiger partial charge in [-0.15, -0.1) is 0 Å². The van der Waals surface area contributed by atoms with Gasteiger partial charge >= 0.3 is 5.69 Å². The Kier molecular flexibility index (Phi) is 5.74. The molecule has 2 aromatic carbocycles. The molecule has 0 atom stereocenters. The summed E-state index contributed by atoms with van der Waals surface area (Å²) < 4.78 is 28.5. The minimum atomic E-state index is -3.80. The van der Waals surface area contributed by atoms with Crippen LogP contribution in [0.25, 0.3) is 11.0 Å². The maximum atomic E-state index is 13.0. The summed E-state index contributed by atoms with van der Waals surface area (Å²) in [6.07, 6.45) is 1.30. The zero-order chi connectivity index (χ0) is 23.9. The van der Waals surface area contributed by atoms with Crippen LogP contribution >= 0.6 is 0 Å². The standard InChI is InChI=1S/C23H25N5O5S/c29-21-15-27(14-11-24-21)34(32,33)18-7-5-16(6-8-18)22(30)26-12-9-17(10-13-26)28-20-4-2-1-3-19(20)25-23(28)31/h1-8,17H,9-15H2,(H,24,29)(H,25,31). The number of nitrogens with one attached hydrogen (secondary N) is 2. The monoisotopic (exact) mass is 483 g/mol. The first-order chi connectivity index (χ1) is 16.3. The number of carbonyl (C=O) groups excluding carboxylic acids is 2. The number of hydrogen-bond donors (Lipinski definition) is 2. The Morgan fingerprint density at radius 2 is 1.65 bits per heavy atom. The van der Waals surface area contributed by atoms with Gasteiger partial charge in [0.1, 0.15) is 0 Å². The predicted molar refractivity (Wildman–Crippen MR) is 125 cm³/mol. The highest BCUT2D eigenvalue weighted by Gasteiger charge is 2.30. The lowest BCUT2D eigenvalue weighted by Gasteiger charge is -2.32. The number of amides is 2. The van der Waals surface area contributed by atoms with Crippen molar-refractivity contribution in [2.45, 2.75) is 23.8 Å². The molecule has 10 nitrogen and oxygen atoms in total. The lowest BCUT2D eigenvalue weighted by atomic mass is 10.0. The molecule has 1 aromatic heterocycles. The van der Waals surface area contributed by atoms with Crippen LogP contribution in [0.15, 0.2) is 58.2 Å². The molecule has 2 saturated heterocycles. The molecule has 0 bridgehead atoms. The second kappa shape index (κ2) is 8.73. The van der Waals surface area contributed by atoms with E-state index >= 15 is 0 Å². The first kappa shape index (κ1) is 22.4. The van der Waals surface area contributed by atoms with Crippen molar-refractivity contribution in [1.82, 2.24) is 24.1 Å². The number of likely N-dealkylation sites (tertiary alicyclic amines) is 1. The van der Waals surface area contributed by atoms with Gasteiger partial charge < -0.3 is 15.2 Å². The number of imidazole rings is 1. The molecule has 0 aliphatic carbocycles. The molecule has 178 valence electrons. The number of piperidine rings is 1. The van der Waals surface area contributed by atoms with Crippen molar-refractivity contribution in [3.05, 3.63) is 64.6 Å². The Bertz CT molecular complexity index is 1400. The molecule has 11 heteroatoms. The third-order valence-corrected chi connectivity index (χ3v) is 8.34. The number of benzene rings is 2. The van der Waals surface area contributed by atoms with E-state index in [-0.39, 0.29) is 48.1 Å².